The normalized spacial score (nSPS) is 22.0. The summed E-state index contributed by atoms with van der Waals surface area (Å²) in [5.41, 5.74) is 0.667. The van der Waals surface area contributed by atoms with Crippen molar-refractivity contribution in [3.8, 4) is 0 Å². The van der Waals surface area contributed by atoms with E-state index in [1.807, 2.05) is 12.1 Å². The van der Waals surface area contributed by atoms with Crippen LogP contribution in [0.25, 0.3) is 5.65 Å². The number of anilines is 1. The molecule has 2 aliphatic heterocycles. The lowest BCUT2D eigenvalue weighted by molar-refractivity contribution is -0.134. The van der Waals surface area contributed by atoms with Crippen LogP contribution in [-0.2, 0) is 4.79 Å². The Morgan fingerprint density at radius 2 is 1.92 bits per heavy atom. The minimum Gasteiger partial charge on any atom is -0.352 e. The van der Waals surface area contributed by atoms with Crippen LogP contribution >= 0.6 is 24.8 Å². The third-order valence-electron chi connectivity index (χ3n) is 4.47. The van der Waals surface area contributed by atoms with E-state index in [0.29, 0.717) is 31.8 Å². The zero-order valence-electron chi connectivity index (χ0n) is 13.7. The number of rotatable bonds is 2. The molecule has 12 heteroatoms. The Kier molecular flexibility index (Phi) is 6.20. The molecule has 0 aromatic carbocycles. The van der Waals surface area contributed by atoms with Crippen molar-refractivity contribution in [2.75, 3.05) is 37.6 Å². The smallest absolute Gasteiger partial charge is 0.262 e. The zero-order chi connectivity index (χ0) is 16.7. The molecule has 0 radical (unpaired) electrons. The molecule has 4 rings (SSSR count). The molecule has 2 saturated heterocycles. The molecule has 0 spiro atoms. The summed E-state index contributed by atoms with van der Waals surface area (Å²) in [6.45, 7) is 1.77. The van der Waals surface area contributed by atoms with Crippen molar-refractivity contribution in [1.82, 2.24) is 30.0 Å². The minimum absolute atomic E-state index is 0. The molecule has 2 aromatic rings. The number of nitrogens with zero attached hydrogens (tertiary/aromatic N) is 6. The quantitative estimate of drug-likeness (QED) is 0.782. The third-order valence-corrected chi connectivity index (χ3v) is 4.47. The van der Waals surface area contributed by atoms with Crippen LogP contribution in [0.4, 0.5) is 14.6 Å². The fraction of sp³-hybridized carbons (Fsp3) is 0.571. The van der Waals surface area contributed by atoms with E-state index in [1.165, 1.54) is 6.33 Å². The number of nitrogens with one attached hydrogen (secondary N) is 1. The van der Waals surface area contributed by atoms with Crippen LogP contribution < -0.4 is 10.2 Å². The number of halogens is 4. The fourth-order valence-electron chi connectivity index (χ4n) is 3.15. The molecule has 0 bridgehead atoms. The zero-order valence-corrected chi connectivity index (χ0v) is 15.3. The van der Waals surface area contributed by atoms with Crippen molar-refractivity contribution in [3.63, 3.8) is 0 Å². The van der Waals surface area contributed by atoms with Crippen LogP contribution in [0.1, 0.15) is 6.42 Å². The predicted molar refractivity (Wildman–Crippen MR) is 95.4 cm³/mol. The summed E-state index contributed by atoms with van der Waals surface area (Å²) in [4.78, 5) is 16.0. The van der Waals surface area contributed by atoms with Gasteiger partial charge in [-0.05, 0) is 12.1 Å². The van der Waals surface area contributed by atoms with Gasteiger partial charge in [0, 0.05) is 32.6 Å². The van der Waals surface area contributed by atoms with Crippen molar-refractivity contribution >= 4 is 42.2 Å². The van der Waals surface area contributed by atoms with Gasteiger partial charge in [-0.15, -0.1) is 40.1 Å². The van der Waals surface area contributed by atoms with Gasteiger partial charge in [0.1, 0.15) is 12.1 Å². The predicted octanol–water partition coefficient (Wildman–Crippen LogP) is 0.614. The molecule has 1 amide bonds. The molecule has 2 aliphatic rings. The van der Waals surface area contributed by atoms with Gasteiger partial charge in [0.25, 0.3) is 5.92 Å². The second-order valence-electron chi connectivity index (χ2n) is 6.13. The van der Waals surface area contributed by atoms with Crippen LogP contribution in [0, 0.1) is 0 Å². The summed E-state index contributed by atoms with van der Waals surface area (Å²) in [7, 11) is 0. The Bertz CT molecular complexity index is 767. The molecular formula is C14H19Cl2F2N7O. The first-order valence-corrected chi connectivity index (χ1v) is 7.84. The molecule has 144 valence electrons. The monoisotopic (exact) mass is 409 g/mol. The second kappa shape index (κ2) is 7.85. The maximum absolute atomic E-state index is 13.2. The van der Waals surface area contributed by atoms with E-state index in [0.717, 1.165) is 5.82 Å². The van der Waals surface area contributed by atoms with Crippen molar-refractivity contribution in [1.29, 1.82) is 0 Å². The highest BCUT2D eigenvalue weighted by Gasteiger charge is 2.43. The molecule has 2 aromatic heterocycles. The molecular weight excluding hydrogens is 391 g/mol. The van der Waals surface area contributed by atoms with Gasteiger partial charge in [-0.2, -0.15) is 4.52 Å². The number of fused-ring (bicyclic) bond motifs is 1. The first-order chi connectivity index (χ1) is 11.5. The van der Waals surface area contributed by atoms with Gasteiger partial charge in [-0.1, -0.05) is 0 Å². The summed E-state index contributed by atoms with van der Waals surface area (Å²) in [6.07, 6.45) is 1.11. The lowest BCUT2D eigenvalue weighted by Crippen LogP contribution is -2.53. The molecule has 1 atom stereocenters. The Balaban J connectivity index is 0.00000121. The van der Waals surface area contributed by atoms with E-state index in [4.69, 9.17) is 0 Å². The number of alkyl halides is 2. The first-order valence-electron chi connectivity index (χ1n) is 7.84. The highest BCUT2D eigenvalue weighted by Crippen LogP contribution is 2.26. The highest BCUT2D eigenvalue weighted by molar-refractivity contribution is 5.85. The highest BCUT2D eigenvalue weighted by atomic mass is 35.5. The molecule has 1 unspecified atom stereocenters. The molecule has 26 heavy (non-hydrogen) atoms. The standard InChI is InChI=1S/C14H17F2N7O.2ClH/c15-14(16)7-10(17-8-14)13(24)22-5-3-21(4-6-22)12-2-1-11-19-18-9-23(11)20-12;;/h1-2,9-10,17H,3-8H2;2*1H. The number of carbonyl (C=O) groups is 1. The van der Waals surface area contributed by atoms with E-state index in [-0.39, 0.29) is 30.7 Å². The lowest BCUT2D eigenvalue weighted by atomic mass is 10.1. The second-order valence-corrected chi connectivity index (χ2v) is 6.13. The number of carbonyl (C=O) groups excluding carboxylic acids is 1. The first kappa shape index (κ1) is 20.5. The van der Waals surface area contributed by atoms with Crippen molar-refractivity contribution in [2.45, 2.75) is 18.4 Å². The lowest BCUT2D eigenvalue weighted by Gasteiger charge is -2.36. The Labute approximate surface area is 160 Å². The molecule has 0 aliphatic carbocycles. The van der Waals surface area contributed by atoms with Gasteiger partial charge in [-0.3, -0.25) is 10.1 Å². The van der Waals surface area contributed by atoms with Crippen LogP contribution in [0.3, 0.4) is 0 Å². The maximum Gasteiger partial charge on any atom is 0.262 e. The van der Waals surface area contributed by atoms with Gasteiger partial charge in [0.2, 0.25) is 5.91 Å². The average Bonchev–Trinajstić information content (AvgIpc) is 3.19. The Hall–Kier alpha value is -1.78. The number of hydrogen-bond acceptors (Lipinski definition) is 6. The topological polar surface area (TPSA) is 78.7 Å². The number of aromatic nitrogens is 4. The maximum atomic E-state index is 13.2. The van der Waals surface area contributed by atoms with Gasteiger partial charge in [0.15, 0.2) is 5.65 Å². The molecule has 0 saturated carbocycles. The largest absolute Gasteiger partial charge is 0.352 e. The summed E-state index contributed by atoms with van der Waals surface area (Å²) >= 11 is 0. The van der Waals surface area contributed by atoms with Crippen molar-refractivity contribution in [3.05, 3.63) is 18.5 Å². The molecule has 2 fully saturated rings. The Morgan fingerprint density at radius 3 is 2.58 bits per heavy atom. The van der Waals surface area contributed by atoms with Gasteiger partial charge in [0.05, 0.1) is 12.6 Å². The summed E-state index contributed by atoms with van der Waals surface area (Å²) in [5, 5.41) is 14.7. The van der Waals surface area contributed by atoms with E-state index < -0.39 is 24.9 Å². The van der Waals surface area contributed by atoms with Crippen LogP contribution in [0.15, 0.2) is 18.5 Å². The number of piperazine rings is 1. The van der Waals surface area contributed by atoms with Crippen molar-refractivity contribution in [2.24, 2.45) is 0 Å². The number of amides is 1. The van der Waals surface area contributed by atoms with Gasteiger partial charge < -0.3 is 9.80 Å². The number of hydrogen-bond donors (Lipinski definition) is 1. The van der Waals surface area contributed by atoms with Crippen LogP contribution in [-0.4, -0.2) is 75.3 Å². The summed E-state index contributed by atoms with van der Waals surface area (Å²) in [6, 6.07) is 2.91. The van der Waals surface area contributed by atoms with E-state index in [1.54, 1.807) is 9.42 Å². The third kappa shape index (κ3) is 3.97. The van der Waals surface area contributed by atoms with E-state index in [2.05, 4.69) is 25.5 Å². The van der Waals surface area contributed by atoms with E-state index >= 15 is 0 Å². The van der Waals surface area contributed by atoms with E-state index in [9.17, 15) is 13.6 Å². The van der Waals surface area contributed by atoms with Crippen molar-refractivity contribution < 1.29 is 13.6 Å². The Morgan fingerprint density at radius 1 is 1.19 bits per heavy atom. The van der Waals surface area contributed by atoms with Crippen LogP contribution in [0.2, 0.25) is 0 Å². The molecule has 1 N–H and O–H groups in total. The molecule has 8 nitrogen and oxygen atoms in total. The average molecular weight is 410 g/mol. The summed E-state index contributed by atoms with van der Waals surface area (Å²) < 4.78 is 28.1. The van der Waals surface area contributed by atoms with Crippen LogP contribution in [0.5, 0.6) is 0 Å². The molecule has 4 heterocycles. The van der Waals surface area contributed by atoms with Gasteiger partial charge >= 0.3 is 0 Å². The van der Waals surface area contributed by atoms with Gasteiger partial charge in [-0.25, -0.2) is 8.78 Å². The fourth-order valence-corrected chi connectivity index (χ4v) is 3.15. The summed E-state index contributed by atoms with van der Waals surface area (Å²) in [5.74, 6) is -2.26. The SMILES string of the molecule is Cl.Cl.O=C(C1CC(F)(F)CN1)N1CCN(c2ccc3nncn3n2)CC1. The minimum atomic E-state index is -2.79.